The summed E-state index contributed by atoms with van der Waals surface area (Å²) in [6.45, 7) is 1.95. The molecule has 0 radical (unpaired) electrons. The lowest BCUT2D eigenvalue weighted by atomic mass is 9.99. The van der Waals surface area contributed by atoms with Crippen LogP contribution < -0.4 is 0 Å². The van der Waals surface area contributed by atoms with Gasteiger partial charge in [-0.3, -0.25) is 0 Å². The zero-order valence-corrected chi connectivity index (χ0v) is 9.32. The van der Waals surface area contributed by atoms with E-state index in [4.69, 9.17) is 14.6 Å². The number of hydrogen-bond donors (Lipinski definition) is 4. The fraction of sp³-hybridized carbons (Fsp3) is 1.00. The molecule has 5 atom stereocenters. The minimum atomic E-state index is -1.44. The van der Waals surface area contributed by atoms with Gasteiger partial charge in [-0.1, -0.05) is 13.3 Å². The third kappa shape index (κ3) is 3.13. The van der Waals surface area contributed by atoms with Gasteiger partial charge in [0.1, 0.15) is 24.4 Å². The number of unbranched alkanes of at least 4 members (excludes halogenated alkanes) is 1. The largest absolute Gasteiger partial charge is 0.394 e. The molecule has 0 aromatic carbocycles. The van der Waals surface area contributed by atoms with E-state index in [0.29, 0.717) is 6.61 Å². The second-order valence-electron chi connectivity index (χ2n) is 3.92. The van der Waals surface area contributed by atoms with Gasteiger partial charge >= 0.3 is 0 Å². The fourth-order valence-corrected chi connectivity index (χ4v) is 1.63. The van der Waals surface area contributed by atoms with E-state index in [0.717, 1.165) is 12.8 Å². The third-order valence-corrected chi connectivity index (χ3v) is 2.65. The molecule has 6 nitrogen and oxygen atoms in total. The van der Waals surface area contributed by atoms with Gasteiger partial charge in [-0.15, -0.1) is 0 Å². The van der Waals surface area contributed by atoms with E-state index in [-0.39, 0.29) is 0 Å². The maximum absolute atomic E-state index is 9.74. The zero-order valence-electron chi connectivity index (χ0n) is 9.32. The predicted molar refractivity (Wildman–Crippen MR) is 54.6 cm³/mol. The van der Waals surface area contributed by atoms with Crippen LogP contribution in [0.5, 0.6) is 0 Å². The van der Waals surface area contributed by atoms with Gasteiger partial charge in [0.2, 0.25) is 0 Å². The lowest BCUT2D eigenvalue weighted by Gasteiger charge is -2.39. The van der Waals surface area contributed by atoms with Crippen molar-refractivity contribution in [2.24, 2.45) is 0 Å². The van der Waals surface area contributed by atoms with Gasteiger partial charge in [-0.2, -0.15) is 0 Å². The van der Waals surface area contributed by atoms with Gasteiger partial charge in [0, 0.05) is 6.61 Å². The van der Waals surface area contributed by atoms with Crippen molar-refractivity contribution in [2.75, 3.05) is 13.2 Å². The minimum absolute atomic E-state index is 0.389. The Labute approximate surface area is 94.4 Å². The van der Waals surface area contributed by atoms with E-state index in [9.17, 15) is 15.3 Å². The van der Waals surface area contributed by atoms with E-state index in [1.807, 2.05) is 6.92 Å². The summed E-state index contributed by atoms with van der Waals surface area (Å²) in [5.41, 5.74) is 0. The second-order valence-corrected chi connectivity index (χ2v) is 3.92. The van der Waals surface area contributed by atoms with Gasteiger partial charge < -0.3 is 29.9 Å². The van der Waals surface area contributed by atoms with Crippen LogP contribution in [0.2, 0.25) is 0 Å². The molecule has 1 rings (SSSR count). The molecule has 4 N–H and O–H groups in total. The summed E-state index contributed by atoms with van der Waals surface area (Å²) in [4.78, 5) is 0. The zero-order chi connectivity index (χ0) is 12.1. The number of ether oxygens (including phenoxy) is 2. The van der Waals surface area contributed by atoms with Gasteiger partial charge in [0.25, 0.3) is 0 Å². The summed E-state index contributed by atoms with van der Waals surface area (Å²) in [6, 6.07) is 0. The lowest BCUT2D eigenvalue weighted by Crippen LogP contribution is -2.59. The van der Waals surface area contributed by atoms with Crippen molar-refractivity contribution in [1.29, 1.82) is 0 Å². The first-order valence-corrected chi connectivity index (χ1v) is 5.54. The lowest BCUT2D eigenvalue weighted by molar-refractivity contribution is -0.294. The van der Waals surface area contributed by atoms with Crippen LogP contribution in [0.3, 0.4) is 0 Å². The predicted octanol–water partition coefficient (Wildman–Crippen LogP) is -1.40. The van der Waals surface area contributed by atoms with Gasteiger partial charge in [-0.05, 0) is 6.42 Å². The first-order chi connectivity index (χ1) is 7.61. The topological polar surface area (TPSA) is 99.4 Å². The molecule has 0 amide bonds. The average molecular weight is 236 g/mol. The maximum Gasteiger partial charge on any atom is 0.184 e. The molecule has 0 aromatic heterocycles. The summed E-state index contributed by atoms with van der Waals surface area (Å²) < 4.78 is 10.1. The van der Waals surface area contributed by atoms with Crippen LogP contribution in [0.15, 0.2) is 0 Å². The van der Waals surface area contributed by atoms with Crippen molar-refractivity contribution in [2.45, 2.75) is 50.5 Å². The molecular formula is C10H20O6. The van der Waals surface area contributed by atoms with Crippen LogP contribution in [-0.2, 0) is 9.47 Å². The van der Waals surface area contributed by atoms with Crippen molar-refractivity contribution in [1.82, 2.24) is 0 Å². The monoisotopic (exact) mass is 236 g/mol. The minimum Gasteiger partial charge on any atom is -0.394 e. The average Bonchev–Trinajstić information content (AvgIpc) is 2.28. The van der Waals surface area contributed by atoms with Crippen LogP contribution in [0, 0.1) is 0 Å². The van der Waals surface area contributed by atoms with Crippen molar-refractivity contribution in [3.8, 4) is 0 Å². The Morgan fingerprint density at radius 1 is 1.19 bits per heavy atom. The molecule has 0 spiro atoms. The summed E-state index contributed by atoms with van der Waals surface area (Å²) in [7, 11) is 0. The second kappa shape index (κ2) is 6.48. The Balaban J connectivity index is 2.55. The number of aliphatic hydroxyl groups excluding tert-OH is 4. The highest BCUT2D eigenvalue weighted by molar-refractivity contribution is 4.89. The van der Waals surface area contributed by atoms with E-state index < -0.39 is 37.3 Å². The van der Waals surface area contributed by atoms with Crippen molar-refractivity contribution in [3.63, 3.8) is 0 Å². The smallest absolute Gasteiger partial charge is 0.184 e. The molecule has 0 aromatic rings. The molecule has 1 heterocycles. The molecule has 1 fully saturated rings. The van der Waals surface area contributed by atoms with E-state index in [1.54, 1.807) is 0 Å². The fourth-order valence-electron chi connectivity index (χ4n) is 1.63. The Morgan fingerprint density at radius 3 is 2.44 bits per heavy atom. The van der Waals surface area contributed by atoms with Crippen molar-refractivity contribution < 1.29 is 29.9 Å². The van der Waals surface area contributed by atoms with Crippen LogP contribution in [0.4, 0.5) is 0 Å². The summed E-state index contributed by atoms with van der Waals surface area (Å²) >= 11 is 0. The molecule has 1 aliphatic rings. The molecule has 2 unspecified atom stereocenters. The molecule has 0 aliphatic carbocycles. The maximum atomic E-state index is 9.74. The highest BCUT2D eigenvalue weighted by Gasteiger charge is 2.44. The van der Waals surface area contributed by atoms with Crippen LogP contribution in [-0.4, -0.2) is 64.3 Å². The SMILES string of the molecule is CCCCOC1[C@H](O)C(CO)O[C@@H](O)[C@H]1O. The normalized spacial score (nSPS) is 39.9. The first-order valence-electron chi connectivity index (χ1n) is 5.54. The summed E-state index contributed by atoms with van der Waals surface area (Å²) in [6.07, 6.45) is -3.99. The summed E-state index contributed by atoms with van der Waals surface area (Å²) in [5, 5.41) is 37.6. The Morgan fingerprint density at radius 2 is 1.88 bits per heavy atom. The van der Waals surface area contributed by atoms with Crippen LogP contribution in [0.25, 0.3) is 0 Å². The van der Waals surface area contributed by atoms with Gasteiger partial charge in [-0.25, -0.2) is 0 Å². The highest BCUT2D eigenvalue weighted by atomic mass is 16.6. The van der Waals surface area contributed by atoms with Gasteiger partial charge in [0.15, 0.2) is 6.29 Å². The Hall–Kier alpha value is -0.240. The molecule has 0 bridgehead atoms. The van der Waals surface area contributed by atoms with Crippen molar-refractivity contribution in [3.05, 3.63) is 0 Å². The standard InChI is InChI=1S/C10H20O6/c1-2-3-4-15-9-7(12)6(5-11)16-10(14)8(9)13/h6-14H,2-5H2,1H3/t6?,7-,8+,9?,10-/m1/s1. The van der Waals surface area contributed by atoms with E-state index in [2.05, 4.69) is 0 Å². The molecular weight excluding hydrogens is 216 g/mol. The molecule has 1 aliphatic heterocycles. The Bertz CT molecular complexity index is 200. The van der Waals surface area contributed by atoms with Crippen LogP contribution >= 0.6 is 0 Å². The Kier molecular flexibility index (Phi) is 5.60. The molecule has 0 saturated carbocycles. The molecule has 16 heavy (non-hydrogen) atoms. The van der Waals surface area contributed by atoms with Crippen molar-refractivity contribution >= 4 is 0 Å². The quantitative estimate of drug-likeness (QED) is 0.438. The van der Waals surface area contributed by atoms with Gasteiger partial charge in [0.05, 0.1) is 6.61 Å². The number of rotatable bonds is 5. The summed E-state index contributed by atoms with van der Waals surface area (Å²) in [5.74, 6) is 0. The van der Waals surface area contributed by atoms with E-state index in [1.165, 1.54) is 0 Å². The highest BCUT2D eigenvalue weighted by Crippen LogP contribution is 2.22. The van der Waals surface area contributed by atoms with E-state index >= 15 is 0 Å². The third-order valence-electron chi connectivity index (χ3n) is 2.65. The number of hydrogen-bond acceptors (Lipinski definition) is 6. The number of aliphatic hydroxyl groups is 4. The molecule has 6 heteroatoms. The molecule has 96 valence electrons. The first kappa shape index (κ1) is 13.8. The van der Waals surface area contributed by atoms with Crippen LogP contribution in [0.1, 0.15) is 19.8 Å². The molecule has 1 saturated heterocycles.